The molecular formula is C21H21NO5S. The maximum Gasteiger partial charge on any atom is 0.339 e. The fourth-order valence-corrected chi connectivity index (χ4v) is 3.64. The minimum Gasteiger partial charge on any atom is -0.507 e. The van der Waals surface area contributed by atoms with Crippen LogP contribution in [0.1, 0.15) is 29.8 Å². The topological polar surface area (TPSA) is 88.9 Å². The van der Waals surface area contributed by atoms with Gasteiger partial charge in [0, 0.05) is 16.5 Å². The van der Waals surface area contributed by atoms with Gasteiger partial charge in [0.15, 0.2) is 11.5 Å². The maximum absolute atomic E-state index is 11.4. The summed E-state index contributed by atoms with van der Waals surface area (Å²) in [7, 11) is 0. The molecule has 0 atom stereocenters. The van der Waals surface area contributed by atoms with Gasteiger partial charge in [0.2, 0.25) is 0 Å². The van der Waals surface area contributed by atoms with Crippen LogP contribution in [-0.4, -0.2) is 34.4 Å². The Morgan fingerprint density at radius 2 is 1.79 bits per heavy atom. The number of ether oxygens (including phenoxy) is 2. The molecule has 0 aliphatic rings. The van der Waals surface area contributed by atoms with Gasteiger partial charge in [-0.2, -0.15) is 0 Å². The molecule has 2 N–H and O–H groups in total. The Labute approximate surface area is 167 Å². The second-order valence-electron chi connectivity index (χ2n) is 6.06. The number of aromatic carboxylic acids is 1. The number of aromatic nitrogens is 1. The molecule has 0 amide bonds. The summed E-state index contributed by atoms with van der Waals surface area (Å²) in [6.07, 6.45) is 0. The molecule has 0 radical (unpaired) electrons. The van der Waals surface area contributed by atoms with Gasteiger partial charge in [0.1, 0.15) is 16.3 Å². The van der Waals surface area contributed by atoms with Crippen LogP contribution in [0.5, 0.6) is 17.2 Å². The molecule has 6 nitrogen and oxygen atoms in total. The van der Waals surface area contributed by atoms with E-state index in [0.717, 1.165) is 10.6 Å². The minimum absolute atomic E-state index is 0.135. The van der Waals surface area contributed by atoms with Crippen molar-refractivity contribution in [2.24, 2.45) is 0 Å². The Bertz CT molecular complexity index is 1010. The van der Waals surface area contributed by atoms with E-state index in [-0.39, 0.29) is 11.3 Å². The average Bonchev–Trinajstić information content (AvgIpc) is 3.15. The molecular weight excluding hydrogens is 378 g/mol. The lowest BCUT2D eigenvalue weighted by atomic mass is 10.0. The summed E-state index contributed by atoms with van der Waals surface area (Å²) in [6.45, 7) is 6.57. The standard InChI is InChI=1S/C21H21NO5S/c1-4-26-17-7-6-13(10-18(17)27-5-2)20-22-16(11-28-20)14-8-12(3)19(23)15(9-14)21(24)25/h6-11,23H,4-5H2,1-3H3,(H,24,25). The van der Waals surface area contributed by atoms with Crippen LogP contribution in [0.4, 0.5) is 0 Å². The molecule has 146 valence electrons. The summed E-state index contributed by atoms with van der Waals surface area (Å²) in [5, 5.41) is 21.9. The van der Waals surface area contributed by atoms with Crippen LogP contribution in [-0.2, 0) is 0 Å². The molecule has 0 spiro atoms. The number of carboxylic acid groups (broad SMARTS) is 1. The number of benzene rings is 2. The van der Waals surface area contributed by atoms with E-state index in [1.54, 1.807) is 13.0 Å². The lowest BCUT2D eigenvalue weighted by Gasteiger charge is -2.11. The van der Waals surface area contributed by atoms with Crippen molar-refractivity contribution >= 4 is 17.3 Å². The van der Waals surface area contributed by atoms with Gasteiger partial charge in [-0.3, -0.25) is 0 Å². The van der Waals surface area contributed by atoms with Crippen LogP contribution in [0.2, 0.25) is 0 Å². The zero-order valence-corrected chi connectivity index (χ0v) is 16.7. The fraction of sp³-hybridized carbons (Fsp3) is 0.238. The maximum atomic E-state index is 11.4. The molecule has 0 saturated heterocycles. The molecule has 1 heterocycles. The van der Waals surface area contributed by atoms with Crippen LogP contribution in [0.3, 0.4) is 0 Å². The highest BCUT2D eigenvalue weighted by Gasteiger charge is 2.16. The van der Waals surface area contributed by atoms with E-state index in [1.165, 1.54) is 17.4 Å². The predicted molar refractivity (Wildman–Crippen MR) is 109 cm³/mol. The number of aryl methyl sites for hydroxylation is 1. The van der Waals surface area contributed by atoms with E-state index in [2.05, 4.69) is 4.98 Å². The first-order valence-corrected chi connectivity index (χ1v) is 9.75. The number of phenols is 1. The molecule has 7 heteroatoms. The van der Waals surface area contributed by atoms with Crippen molar-refractivity contribution in [2.75, 3.05) is 13.2 Å². The number of carboxylic acids is 1. The quantitative estimate of drug-likeness (QED) is 0.582. The predicted octanol–water partition coefficient (Wildman–Crippen LogP) is 4.99. The summed E-state index contributed by atoms with van der Waals surface area (Å²) in [4.78, 5) is 16.0. The first-order valence-electron chi connectivity index (χ1n) is 8.87. The molecule has 0 fully saturated rings. The van der Waals surface area contributed by atoms with E-state index < -0.39 is 5.97 Å². The molecule has 0 aliphatic heterocycles. The molecule has 0 unspecified atom stereocenters. The Balaban J connectivity index is 1.99. The average molecular weight is 399 g/mol. The zero-order valence-electron chi connectivity index (χ0n) is 15.9. The Hall–Kier alpha value is -3.06. The van der Waals surface area contributed by atoms with Gasteiger partial charge in [-0.15, -0.1) is 11.3 Å². The number of rotatable bonds is 7. The van der Waals surface area contributed by atoms with Crippen LogP contribution < -0.4 is 9.47 Å². The van der Waals surface area contributed by atoms with E-state index in [9.17, 15) is 15.0 Å². The summed E-state index contributed by atoms with van der Waals surface area (Å²) >= 11 is 1.45. The fourth-order valence-electron chi connectivity index (χ4n) is 2.81. The highest BCUT2D eigenvalue weighted by Crippen LogP contribution is 2.36. The molecule has 0 aliphatic carbocycles. The van der Waals surface area contributed by atoms with Gasteiger partial charge in [0.25, 0.3) is 0 Å². The number of aromatic hydroxyl groups is 1. The van der Waals surface area contributed by atoms with Crippen molar-refractivity contribution in [3.05, 3.63) is 46.8 Å². The van der Waals surface area contributed by atoms with Crippen LogP contribution in [0.25, 0.3) is 21.8 Å². The van der Waals surface area contributed by atoms with Crippen LogP contribution >= 0.6 is 11.3 Å². The van der Waals surface area contributed by atoms with Crippen LogP contribution in [0.15, 0.2) is 35.7 Å². The van der Waals surface area contributed by atoms with Crippen molar-refractivity contribution in [3.63, 3.8) is 0 Å². The number of carbonyl (C=O) groups is 1. The summed E-state index contributed by atoms with van der Waals surface area (Å²) in [6, 6.07) is 8.83. The molecule has 0 saturated carbocycles. The zero-order chi connectivity index (χ0) is 20.3. The van der Waals surface area contributed by atoms with Gasteiger partial charge in [-0.1, -0.05) is 0 Å². The van der Waals surface area contributed by atoms with Crippen LogP contribution in [0, 0.1) is 6.92 Å². The monoisotopic (exact) mass is 399 g/mol. The first-order chi connectivity index (χ1) is 13.4. The van der Waals surface area contributed by atoms with Gasteiger partial charge in [-0.05, 0) is 56.7 Å². The number of hydrogen-bond donors (Lipinski definition) is 2. The number of thiazole rings is 1. The van der Waals surface area contributed by atoms with E-state index in [4.69, 9.17) is 9.47 Å². The minimum atomic E-state index is -1.18. The number of nitrogens with zero attached hydrogens (tertiary/aromatic N) is 1. The Morgan fingerprint density at radius 3 is 2.46 bits per heavy atom. The van der Waals surface area contributed by atoms with Gasteiger partial charge >= 0.3 is 5.97 Å². The van der Waals surface area contributed by atoms with E-state index >= 15 is 0 Å². The molecule has 1 aromatic heterocycles. The largest absolute Gasteiger partial charge is 0.507 e. The third-order valence-corrected chi connectivity index (χ3v) is 5.01. The summed E-state index contributed by atoms with van der Waals surface area (Å²) in [5.41, 5.74) is 2.54. The summed E-state index contributed by atoms with van der Waals surface area (Å²) in [5.74, 6) is -0.0530. The van der Waals surface area contributed by atoms with E-state index in [1.807, 2.05) is 37.4 Å². The Morgan fingerprint density at radius 1 is 1.07 bits per heavy atom. The second kappa shape index (κ2) is 8.31. The van der Waals surface area contributed by atoms with Crippen molar-refractivity contribution < 1.29 is 24.5 Å². The highest BCUT2D eigenvalue weighted by molar-refractivity contribution is 7.13. The normalized spacial score (nSPS) is 10.7. The van der Waals surface area contributed by atoms with E-state index in [0.29, 0.717) is 41.5 Å². The van der Waals surface area contributed by atoms with Gasteiger partial charge < -0.3 is 19.7 Å². The Kier molecular flexibility index (Phi) is 5.84. The summed E-state index contributed by atoms with van der Waals surface area (Å²) < 4.78 is 11.3. The molecule has 0 bridgehead atoms. The molecule has 28 heavy (non-hydrogen) atoms. The highest BCUT2D eigenvalue weighted by atomic mass is 32.1. The van der Waals surface area contributed by atoms with Gasteiger partial charge in [-0.25, -0.2) is 9.78 Å². The van der Waals surface area contributed by atoms with Crippen molar-refractivity contribution in [1.82, 2.24) is 4.98 Å². The molecule has 2 aromatic carbocycles. The molecule has 3 aromatic rings. The SMILES string of the molecule is CCOc1ccc(-c2nc(-c3cc(C)c(O)c(C(=O)O)c3)cs2)cc1OCC. The van der Waals surface area contributed by atoms with Crippen molar-refractivity contribution in [1.29, 1.82) is 0 Å². The smallest absolute Gasteiger partial charge is 0.339 e. The van der Waals surface area contributed by atoms with Gasteiger partial charge in [0.05, 0.1) is 18.9 Å². The third-order valence-electron chi connectivity index (χ3n) is 4.12. The second-order valence-corrected chi connectivity index (χ2v) is 6.92. The third kappa shape index (κ3) is 3.94. The van der Waals surface area contributed by atoms with Crippen molar-refractivity contribution in [3.8, 4) is 39.1 Å². The van der Waals surface area contributed by atoms with Crippen molar-refractivity contribution in [2.45, 2.75) is 20.8 Å². The molecule has 3 rings (SSSR count). The first kappa shape index (κ1) is 19.7. The number of hydrogen-bond acceptors (Lipinski definition) is 6. The lowest BCUT2D eigenvalue weighted by Crippen LogP contribution is -1.99. The lowest BCUT2D eigenvalue weighted by molar-refractivity contribution is 0.0693.